The van der Waals surface area contributed by atoms with Crippen LogP contribution in [0.4, 0.5) is 0 Å². The summed E-state index contributed by atoms with van der Waals surface area (Å²) in [6.07, 6.45) is 7.17. The quantitative estimate of drug-likeness (QED) is 0.627. The Hall–Kier alpha value is -1.42. The molecule has 13 heavy (non-hydrogen) atoms. The van der Waals surface area contributed by atoms with Gasteiger partial charge in [0.1, 0.15) is 5.38 Å². The van der Waals surface area contributed by atoms with Gasteiger partial charge in [-0.15, -0.1) is 21.8 Å². The van der Waals surface area contributed by atoms with E-state index in [1.165, 1.54) is 0 Å². The number of halogens is 1. The Morgan fingerprint density at radius 3 is 2.31 bits per heavy atom. The molecule has 0 unspecified atom stereocenters. The van der Waals surface area contributed by atoms with E-state index in [9.17, 15) is 0 Å². The normalized spacial score (nSPS) is 21.5. The first kappa shape index (κ1) is 8.19. The lowest BCUT2D eigenvalue weighted by atomic mass is 10.1. The van der Waals surface area contributed by atoms with Crippen molar-refractivity contribution in [3.8, 4) is 0 Å². The lowest BCUT2D eigenvalue weighted by molar-refractivity contribution is 1.17. The van der Waals surface area contributed by atoms with E-state index in [4.69, 9.17) is 17.3 Å². The Labute approximate surface area is 80.2 Å². The summed E-state index contributed by atoms with van der Waals surface area (Å²) in [6, 6.07) is 0. The molecular weight excluding hydrogens is 188 g/mol. The van der Waals surface area contributed by atoms with E-state index in [0.717, 1.165) is 5.57 Å². The third-order valence-electron chi connectivity index (χ3n) is 1.57. The largest absolute Gasteiger partial charge is 0.366 e. The minimum atomic E-state index is 0.185. The molecule has 65 valence electrons. The van der Waals surface area contributed by atoms with Crippen molar-refractivity contribution in [2.75, 3.05) is 0 Å². The van der Waals surface area contributed by atoms with Gasteiger partial charge in [-0.3, -0.25) is 0 Å². The van der Waals surface area contributed by atoms with E-state index < -0.39 is 0 Å². The second kappa shape index (κ2) is 3.14. The second-order valence-electron chi connectivity index (χ2n) is 2.50. The molecule has 1 radical (unpaired) electrons. The molecule has 1 aliphatic heterocycles. The highest BCUT2D eigenvalue weighted by Gasteiger charge is 2.10. The average molecular weight is 194 g/mol. The fourth-order valence-electron chi connectivity index (χ4n) is 0.973. The van der Waals surface area contributed by atoms with Gasteiger partial charge in [0.05, 0.1) is 0 Å². The molecular formula is C8H6ClN4. The topological polar surface area (TPSA) is 63.1 Å². The summed E-state index contributed by atoms with van der Waals surface area (Å²) in [7, 11) is 0. The van der Waals surface area contributed by atoms with Crippen LogP contribution in [0.2, 0.25) is 0 Å². The lowest BCUT2D eigenvalue weighted by Gasteiger charge is -2.02. The van der Waals surface area contributed by atoms with Crippen LogP contribution in [0.15, 0.2) is 50.9 Å². The van der Waals surface area contributed by atoms with Gasteiger partial charge in [0.25, 0.3) is 0 Å². The van der Waals surface area contributed by atoms with E-state index in [0.29, 0.717) is 11.2 Å². The summed E-state index contributed by atoms with van der Waals surface area (Å²) in [6.45, 7) is 0. The number of hydrogen-bond acceptors (Lipinski definition) is 4. The minimum Gasteiger partial charge on any atom is -0.366 e. The number of hydrogen-bond donors (Lipinski definition) is 1. The zero-order valence-corrected chi connectivity index (χ0v) is 7.36. The SMILES string of the molecule is NC1=NC(=C2C=C[C](Cl)C=C2)N=N1. The molecule has 0 aromatic carbocycles. The van der Waals surface area contributed by atoms with Crippen LogP contribution >= 0.6 is 11.6 Å². The lowest BCUT2D eigenvalue weighted by Crippen LogP contribution is -2.03. The summed E-state index contributed by atoms with van der Waals surface area (Å²) >= 11 is 5.72. The molecule has 0 aromatic rings. The second-order valence-corrected chi connectivity index (χ2v) is 2.94. The van der Waals surface area contributed by atoms with Crippen LogP contribution in [0.25, 0.3) is 0 Å². The number of nitrogens with two attached hydrogens (primary N) is 1. The molecule has 2 N–H and O–H groups in total. The summed E-state index contributed by atoms with van der Waals surface area (Å²) in [4.78, 5) is 3.92. The van der Waals surface area contributed by atoms with Crippen LogP contribution in [0, 0.1) is 5.38 Å². The van der Waals surface area contributed by atoms with Crippen molar-refractivity contribution in [1.82, 2.24) is 0 Å². The monoisotopic (exact) mass is 193 g/mol. The maximum Gasteiger partial charge on any atom is 0.242 e. The molecule has 0 bridgehead atoms. The maximum atomic E-state index is 5.72. The van der Waals surface area contributed by atoms with Crippen molar-refractivity contribution >= 4 is 17.6 Å². The zero-order valence-electron chi connectivity index (χ0n) is 6.61. The fraction of sp³-hybridized carbons (Fsp3) is 0. The van der Waals surface area contributed by atoms with Crippen LogP contribution in [0.5, 0.6) is 0 Å². The first-order valence-electron chi connectivity index (χ1n) is 3.64. The molecule has 0 aromatic heterocycles. The number of rotatable bonds is 0. The molecule has 0 spiro atoms. The Morgan fingerprint density at radius 2 is 1.77 bits per heavy atom. The standard InChI is InChI=1S/C8H6ClN4/c9-6-3-1-5(2-4-6)7-11-8(10)13-12-7/h1-4H,(H2,10,11). The Kier molecular flexibility index (Phi) is 1.98. The van der Waals surface area contributed by atoms with Crippen molar-refractivity contribution in [3.63, 3.8) is 0 Å². The number of azo groups is 1. The third kappa shape index (κ3) is 1.67. The Bertz CT molecular complexity index is 360. The van der Waals surface area contributed by atoms with Crippen LogP contribution < -0.4 is 5.73 Å². The van der Waals surface area contributed by atoms with Gasteiger partial charge in [-0.05, 0) is 0 Å². The highest BCUT2D eigenvalue weighted by atomic mass is 35.5. The van der Waals surface area contributed by atoms with E-state index >= 15 is 0 Å². The number of aliphatic imine (C=N–C) groups is 1. The summed E-state index contributed by atoms with van der Waals surface area (Å²) in [5.74, 6) is 0.708. The summed E-state index contributed by atoms with van der Waals surface area (Å²) < 4.78 is 0. The molecule has 0 atom stereocenters. The molecule has 0 saturated carbocycles. The first-order chi connectivity index (χ1) is 6.25. The van der Waals surface area contributed by atoms with E-state index in [1.54, 1.807) is 12.2 Å². The Morgan fingerprint density at radius 1 is 1.08 bits per heavy atom. The van der Waals surface area contributed by atoms with E-state index in [-0.39, 0.29) is 5.96 Å². The number of nitrogens with zero attached hydrogens (tertiary/aromatic N) is 3. The van der Waals surface area contributed by atoms with Gasteiger partial charge in [-0.2, -0.15) is 4.99 Å². The van der Waals surface area contributed by atoms with Gasteiger partial charge in [0, 0.05) is 5.57 Å². The predicted molar refractivity (Wildman–Crippen MR) is 50.9 cm³/mol. The fourth-order valence-corrected chi connectivity index (χ4v) is 1.10. The third-order valence-corrected chi connectivity index (χ3v) is 1.82. The molecule has 5 heteroatoms. The summed E-state index contributed by atoms with van der Waals surface area (Å²) in [5, 5.41) is 8.06. The molecule has 2 rings (SSSR count). The summed E-state index contributed by atoms with van der Waals surface area (Å²) in [5.41, 5.74) is 6.19. The van der Waals surface area contributed by atoms with Gasteiger partial charge in [-0.1, -0.05) is 24.3 Å². The van der Waals surface area contributed by atoms with Crippen LogP contribution in [0.1, 0.15) is 0 Å². The van der Waals surface area contributed by atoms with Crippen molar-refractivity contribution in [3.05, 3.63) is 41.1 Å². The smallest absolute Gasteiger partial charge is 0.242 e. The van der Waals surface area contributed by atoms with Gasteiger partial charge in [0.2, 0.25) is 5.96 Å². The molecule has 0 saturated heterocycles. The highest BCUT2D eigenvalue weighted by molar-refractivity contribution is 6.30. The van der Waals surface area contributed by atoms with Gasteiger partial charge in [-0.25, -0.2) is 0 Å². The molecule has 1 aliphatic carbocycles. The average Bonchev–Trinajstić information content (AvgIpc) is 2.53. The minimum absolute atomic E-state index is 0.185. The molecule has 0 fully saturated rings. The number of allylic oxidation sites excluding steroid dienone is 5. The van der Waals surface area contributed by atoms with Crippen LogP contribution in [-0.4, -0.2) is 5.96 Å². The van der Waals surface area contributed by atoms with Gasteiger partial charge >= 0.3 is 0 Å². The van der Waals surface area contributed by atoms with Gasteiger partial charge < -0.3 is 5.73 Å². The van der Waals surface area contributed by atoms with Gasteiger partial charge in [0.15, 0.2) is 5.82 Å². The van der Waals surface area contributed by atoms with Crippen molar-refractivity contribution in [1.29, 1.82) is 0 Å². The Balaban J connectivity index is 2.33. The van der Waals surface area contributed by atoms with E-state index in [2.05, 4.69) is 15.2 Å². The van der Waals surface area contributed by atoms with Crippen LogP contribution in [0.3, 0.4) is 0 Å². The van der Waals surface area contributed by atoms with Crippen molar-refractivity contribution in [2.24, 2.45) is 21.0 Å². The molecule has 1 heterocycles. The zero-order chi connectivity index (χ0) is 9.26. The first-order valence-corrected chi connectivity index (χ1v) is 4.02. The highest BCUT2D eigenvalue weighted by Crippen LogP contribution is 2.23. The predicted octanol–water partition coefficient (Wildman–Crippen LogP) is 1.88. The maximum absolute atomic E-state index is 5.72. The molecule has 0 amide bonds. The van der Waals surface area contributed by atoms with Crippen molar-refractivity contribution in [2.45, 2.75) is 0 Å². The molecule has 4 nitrogen and oxygen atoms in total. The van der Waals surface area contributed by atoms with E-state index in [1.807, 2.05) is 12.2 Å². The number of guanidine groups is 1. The van der Waals surface area contributed by atoms with Crippen LogP contribution in [-0.2, 0) is 0 Å². The van der Waals surface area contributed by atoms with Crippen molar-refractivity contribution < 1.29 is 0 Å². The molecule has 2 aliphatic rings.